The van der Waals surface area contributed by atoms with Crippen molar-refractivity contribution in [2.24, 2.45) is 0 Å². The fraction of sp³-hybridized carbons (Fsp3) is 0.143. The number of nitriles is 1. The first-order valence-corrected chi connectivity index (χ1v) is 9.03. The van der Waals surface area contributed by atoms with Crippen molar-refractivity contribution in [3.63, 3.8) is 0 Å². The molecule has 0 saturated heterocycles. The molecular weight excluding hydrogens is 342 g/mol. The third-order valence-corrected chi connectivity index (χ3v) is 4.84. The van der Waals surface area contributed by atoms with E-state index >= 15 is 0 Å². The van der Waals surface area contributed by atoms with Gasteiger partial charge in [0.25, 0.3) is 0 Å². The summed E-state index contributed by atoms with van der Waals surface area (Å²) in [6.45, 7) is 4.15. The van der Waals surface area contributed by atoms with E-state index in [4.69, 9.17) is 4.74 Å². The van der Waals surface area contributed by atoms with Gasteiger partial charge in [-0.15, -0.1) is 11.3 Å². The summed E-state index contributed by atoms with van der Waals surface area (Å²) in [5.41, 5.74) is 5.74. The van der Waals surface area contributed by atoms with Crippen LogP contribution in [0, 0.1) is 25.2 Å². The van der Waals surface area contributed by atoms with E-state index in [9.17, 15) is 5.26 Å². The van der Waals surface area contributed by atoms with E-state index in [1.165, 1.54) is 22.5 Å². The van der Waals surface area contributed by atoms with E-state index in [-0.39, 0.29) is 0 Å². The maximum atomic E-state index is 9.51. The Balaban J connectivity index is 1.85. The third-order valence-electron chi connectivity index (χ3n) is 3.97. The quantitative estimate of drug-likeness (QED) is 0.617. The van der Waals surface area contributed by atoms with Crippen LogP contribution in [0.15, 0.2) is 54.0 Å². The van der Waals surface area contributed by atoms with Crippen molar-refractivity contribution in [2.45, 2.75) is 13.8 Å². The predicted octanol–water partition coefficient (Wildman–Crippen LogP) is 5.41. The summed E-state index contributed by atoms with van der Waals surface area (Å²) >= 11 is 1.47. The smallest absolute Gasteiger partial charge is 0.136 e. The first-order valence-electron chi connectivity index (χ1n) is 8.15. The normalized spacial score (nSPS) is 11.1. The van der Waals surface area contributed by atoms with Gasteiger partial charge in [-0.1, -0.05) is 29.8 Å². The minimum absolute atomic E-state index is 0.494. The van der Waals surface area contributed by atoms with Crippen LogP contribution in [0.25, 0.3) is 16.8 Å². The molecule has 130 valence electrons. The fourth-order valence-electron chi connectivity index (χ4n) is 2.63. The first kappa shape index (κ1) is 17.7. The molecule has 5 heteroatoms. The highest BCUT2D eigenvalue weighted by atomic mass is 32.1. The molecule has 0 radical (unpaired) electrons. The average molecular weight is 361 g/mol. The summed E-state index contributed by atoms with van der Waals surface area (Å²) in [6.07, 6.45) is 1.68. The molecule has 3 aromatic rings. The lowest BCUT2D eigenvalue weighted by Crippen LogP contribution is -1.92. The molecule has 2 aromatic carbocycles. The van der Waals surface area contributed by atoms with Gasteiger partial charge in [-0.2, -0.15) is 5.26 Å². The average Bonchev–Trinajstić information content (AvgIpc) is 3.12. The van der Waals surface area contributed by atoms with Crippen LogP contribution in [0.4, 0.5) is 5.69 Å². The Morgan fingerprint density at radius 2 is 2.08 bits per heavy atom. The molecule has 3 rings (SSSR count). The molecule has 0 unspecified atom stereocenters. The van der Waals surface area contributed by atoms with Crippen molar-refractivity contribution < 1.29 is 4.74 Å². The van der Waals surface area contributed by atoms with Crippen molar-refractivity contribution in [2.75, 3.05) is 12.4 Å². The second-order valence-electron chi connectivity index (χ2n) is 5.90. The van der Waals surface area contributed by atoms with Gasteiger partial charge >= 0.3 is 0 Å². The van der Waals surface area contributed by atoms with Gasteiger partial charge in [0, 0.05) is 28.9 Å². The van der Waals surface area contributed by atoms with Crippen molar-refractivity contribution in [1.29, 1.82) is 5.26 Å². The van der Waals surface area contributed by atoms with Crippen molar-refractivity contribution in [1.82, 2.24) is 4.98 Å². The molecule has 4 nitrogen and oxygen atoms in total. The van der Waals surface area contributed by atoms with Crippen LogP contribution in [-0.2, 0) is 0 Å². The van der Waals surface area contributed by atoms with Crippen LogP contribution in [0.5, 0.6) is 5.75 Å². The Labute approximate surface area is 157 Å². The van der Waals surface area contributed by atoms with Crippen LogP contribution in [-0.4, -0.2) is 12.1 Å². The highest BCUT2D eigenvalue weighted by molar-refractivity contribution is 7.11. The van der Waals surface area contributed by atoms with Crippen LogP contribution in [0.1, 0.15) is 16.1 Å². The standard InChI is InChI=1S/C21H19N3OS/c1-14-7-8-19(15(2)9-14)20-13-26-21(24-20)16(11-22)12-23-17-5-4-6-18(10-17)25-3/h4-10,12-13,23H,1-3H3. The summed E-state index contributed by atoms with van der Waals surface area (Å²) in [6, 6.07) is 16.1. The molecule has 1 N–H and O–H groups in total. The molecule has 1 aromatic heterocycles. The Kier molecular flexibility index (Phi) is 5.35. The van der Waals surface area contributed by atoms with E-state index in [0.717, 1.165) is 22.7 Å². The Morgan fingerprint density at radius 3 is 2.81 bits per heavy atom. The van der Waals surface area contributed by atoms with Crippen molar-refractivity contribution >= 4 is 22.6 Å². The number of hydrogen-bond acceptors (Lipinski definition) is 5. The SMILES string of the molecule is COc1cccc(NC=C(C#N)c2nc(-c3ccc(C)cc3C)cs2)c1. The molecule has 0 aliphatic carbocycles. The molecule has 0 spiro atoms. The number of anilines is 1. The highest BCUT2D eigenvalue weighted by Gasteiger charge is 2.10. The number of ether oxygens (including phenoxy) is 1. The van der Waals surface area contributed by atoms with E-state index < -0.39 is 0 Å². The zero-order valence-corrected chi connectivity index (χ0v) is 15.7. The molecular formula is C21H19N3OS. The topological polar surface area (TPSA) is 57.9 Å². The molecule has 0 fully saturated rings. The maximum absolute atomic E-state index is 9.51. The summed E-state index contributed by atoms with van der Waals surface area (Å²) in [5, 5.41) is 15.3. The van der Waals surface area contributed by atoms with E-state index in [1.54, 1.807) is 13.3 Å². The Morgan fingerprint density at radius 1 is 1.23 bits per heavy atom. The molecule has 26 heavy (non-hydrogen) atoms. The number of aromatic nitrogens is 1. The number of nitrogens with zero attached hydrogens (tertiary/aromatic N) is 2. The van der Waals surface area contributed by atoms with Gasteiger partial charge in [0.1, 0.15) is 22.4 Å². The molecule has 0 bridgehead atoms. The summed E-state index contributed by atoms with van der Waals surface area (Å²) in [5.74, 6) is 0.758. The second kappa shape index (κ2) is 7.85. The number of thiazole rings is 1. The molecule has 0 amide bonds. The number of allylic oxidation sites excluding steroid dienone is 1. The Bertz CT molecular complexity index is 998. The van der Waals surface area contributed by atoms with E-state index in [0.29, 0.717) is 10.6 Å². The second-order valence-corrected chi connectivity index (χ2v) is 6.76. The summed E-state index contributed by atoms with van der Waals surface area (Å²) in [7, 11) is 1.62. The van der Waals surface area contributed by atoms with Gasteiger partial charge in [0.05, 0.1) is 12.8 Å². The van der Waals surface area contributed by atoms with Gasteiger partial charge in [0.15, 0.2) is 0 Å². The van der Waals surface area contributed by atoms with Gasteiger partial charge in [-0.25, -0.2) is 4.98 Å². The minimum atomic E-state index is 0.494. The number of aryl methyl sites for hydroxylation is 2. The zero-order chi connectivity index (χ0) is 18.5. The van der Waals surface area contributed by atoms with Crippen molar-refractivity contribution in [3.05, 3.63) is 70.2 Å². The third kappa shape index (κ3) is 3.93. The van der Waals surface area contributed by atoms with Crippen LogP contribution < -0.4 is 10.1 Å². The highest BCUT2D eigenvalue weighted by Crippen LogP contribution is 2.29. The molecule has 1 heterocycles. The predicted molar refractivity (Wildman–Crippen MR) is 107 cm³/mol. The summed E-state index contributed by atoms with van der Waals surface area (Å²) in [4.78, 5) is 4.65. The van der Waals surface area contributed by atoms with Gasteiger partial charge < -0.3 is 10.1 Å². The molecule has 0 aliphatic rings. The number of nitrogens with one attached hydrogen (secondary N) is 1. The maximum Gasteiger partial charge on any atom is 0.136 e. The Hall–Kier alpha value is -3.10. The summed E-state index contributed by atoms with van der Waals surface area (Å²) < 4.78 is 5.21. The van der Waals surface area contributed by atoms with Gasteiger partial charge in [0.2, 0.25) is 0 Å². The van der Waals surface area contributed by atoms with Gasteiger partial charge in [-0.3, -0.25) is 0 Å². The lowest BCUT2D eigenvalue weighted by atomic mass is 10.0. The number of benzene rings is 2. The van der Waals surface area contributed by atoms with Gasteiger partial charge in [-0.05, 0) is 31.5 Å². The largest absolute Gasteiger partial charge is 0.497 e. The van der Waals surface area contributed by atoms with Crippen LogP contribution >= 0.6 is 11.3 Å². The number of methoxy groups -OCH3 is 1. The molecule has 0 aliphatic heterocycles. The zero-order valence-electron chi connectivity index (χ0n) is 14.9. The monoisotopic (exact) mass is 361 g/mol. The van der Waals surface area contributed by atoms with Crippen molar-refractivity contribution in [3.8, 4) is 23.1 Å². The lowest BCUT2D eigenvalue weighted by molar-refractivity contribution is 0.415. The lowest BCUT2D eigenvalue weighted by Gasteiger charge is -2.04. The molecule has 0 saturated carbocycles. The fourth-order valence-corrected chi connectivity index (χ4v) is 3.42. The number of hydrogen-bond donors (Lipinski definition) is 1. The van der Waals surface area contributed by atoms with E-state index in [1.807, 2.05) is 29.6 Å². The first-order chi connectivity index (χ1) is 12.6. The van der Waals surface area contributed by atoms with Crippen LogP contribution in [0.3, 0.4) is 0 Å². The number of rotatable bonds is 5. The minimum Gasteiger partial charge on any atom is -0.497 e. The molecule has 0 atom stereocenters. The van der Waals surface area contributed by atoms with E-state index in [2.05, 4.69) is 48.4 Å². The van der Waals surface area contributed by atoms with Crippen LogP contribution in [0.2, 0.25) is 0 Å².